The first-order chi connectivity index (χ1) is 27.2. The van der Waals surface area contributed by atoms with E-state index in [9.17, 15) is 0 Å². The summed E-state index contributed by atoms with van der Waals surface area (Å²) in [7, 11) is 0. The zero-order valence-electron chi connectivity index (χ0n) is 35.7. The molecule has 1 heteroatoms. The Morgan fingerprint density at radius 1 is 0.474 bits per heavy atom. The molecule has 0 aliphatic heterocycles. The lowest BCUT2D eigenvalue weighted by Crippen LogP contribution is -2.73. The quantitative estimate of drug-likeness (QED) is 0.177. The Morgan fingerprint density at radius 2 is 1.04 bits per heavy atom. The van der Waals surface area contributed by atoms with Crippen molar-refractivity contribution >= 4 is 17.1 Å². The van der Waals surface area contributed by atoms with E-state index >= 15 is 0 Å². The van der Waals surface area contributed by atoms with Gasteiger partial charge in [0.05, 0.1) is 11.4 Å². The standard InChI is InChI=1S/C56H61N/c1-51(2)24-26-53(5,6)49-41(51)16-12-18-45(49)57(46-19-13-17-42-50(46)54(7,8)27-25-52(42,3)4)38-21-23-40-39-22-20-36(35-14-10-9-11-15-35)30-43(39)56(44(40)32-38)47-29-34-28-37-31-48(56)55(37,47)33-34/h9-23,30,32,34,37,47-48H,24-29,31,33H2,1-8H3. The second-order valence-electron chi connectivity index (χ2n) is 22.7. The first kappa shape index (κ1) is 34.9. The highest BCUT2D eigenvalue weighted by atomic mass is 15.2. The Kier molecular flexibility index (Phi) is 6.69. The van der Waals surface area contributed by atoms with Gasteiger partial charge in [-0.2, -0.15) is 0 Å². The lowest BCUT2D eigenvalue weighted by molar-refractivity contribution is -0.231. The monoisotopic (exact) mass is 747 g/mol. The minimum atomic E-state index is 0.0652. The molecule has 12 rings (SSSR count). The van der Waals surface area contributed by atoms with Crippen LogP contribution in [-0.4, -0.2) is 0 Å². The fraction of sp³-hybridized carbons (Fsp3) is 0.464. The molecule has 0 N–H and O–H groups in total. The summed E-state index contributed by atoms with van der Waals surface area (Å²) in [6.07, 6.45) is 10.7. The van der Waals surface area contributed by atoms with Crippen LogP contribution in [-0.2, 0) is 27.1 Å². The van der Waals surface area contributed by atoms with Gasteiger partial charge in [0, 0.05) is 11.1 Å². The van der Waals surface area contributed by atoms with Crippen LogP contribution in [0.5, 0.6) is 0 Å². The number of hydrogen-bond donors (Lipinski definition) is 0. The van der Waals surface area contributed by atoms with Gasteiger partial charge in [-0.3, -0.25) is 0 Å². The average molecular weight is 748 g/mol. The molecule has 1 nitrogen and oxygen atoms in total. The van der Waals surface area contributed by atoms with Crippen LogP contribution < -0.4 is 4.90 Å². The third-order valence-corrected chi connectivity index (χ3v) is 18.2. The van der Waals surface area contributed by atoms with Crippen LogP contribution in [0.15, 0.2) is 103 Å². The molecule has 4 saturated carbocycles. The highest BCUT2D eigenvalue weighted by Crippen LogP contribution is 2.89. The summed E-state index contributed by atoms with van der Waals surface area (Å²) in [6.45, 7) is 20.0. The highest BCUT2D eigenvalue weighted by Gasteiger charge is 2.84. The highest BCUT2D eigenvalue weighted by molar-refractivity contribution is 5.90. The number of fused-ring (bicyclic) bond motifs is 10. The van der Waals surface area contributed by atoms with Gasteiger partial charge in [0.15, 0.2) is 0 Å². The Bertz CT molecular complexity index is 2450. The van der Waals surface area contributed by atoms with E-state index in [0.29, 0.717) is 5.41 Å². The van der Waals surface area contributed by atoms with Gasteiger partial charge in [-0.25, -0.2) is 0 Å². The van der Waals surface area contributed by atoms with Gasteiger partial charge in [0.1, 0.15) is 0 Å². The average Bonchev–Trinajstić information content (AvgIpc) is 3.82. The van der Waals surface area contributed by atoms with E-state index in [-0.39, 0.29) is 27.1 Å². The Morgan fingerprint density at radius 3 is 1.65 bits per heavy atom. The van der Waals surface area contributed by atoms with E-state index in [4.69, 9.17) is 0 Å². The van der Waals surface area contributed by atoms with Crippen molar-refractivity contribution in [2.75, 3.05) is 4.90 Å². The molecule has 0 saturated heterocycles. The molecule has 7 aliphatic rings. The summed E-state index contributed by atoms with van der Waals surface area (Å²) < 4.78 is 0. The summed E-state index contributed by atoms with van der Waals surface area (Å²) in [6, 6.07) is 41.2. The minimum absolute atomic E-state index is 0.0652. The van der Waals surface area contributed by atoms with Crippen LogP contribution >= 0.6 is 0 Å². The van der Waals surface area contributed by atoms with Crippen molar-refractivity contribution in [3.05, 3.63) is 137 Å². The fourth-order valence-corrected chi connectivity index (χ4v) is 15.5. The molecule has 6 unspecified atom stereocenters. The maximum Gasteiger partial charge on any atom is 0.0502 e. The second-order valence-corrected chi connectivity index (χ2v) is 22.7. The second kappa shape index (κ2) is 10.9. The summed E-state index contributed by atoms with van der Waals surface area (Å²) in [5.41, 5.74) is 20.4. The molecule has 5 aromatic rings. The van der Waals surface area contributed by atoms with Crippen molar-refractivity contribution in [3.8, 4) is 22.3 Å². The van der Waals surface area contributed by atoms with Gasteiger partial charge in [-0.15, -0.1) is 0 Å². The molecule has 290 valence electrons. The van der Waals surface area contributed by atoms with Crippen LogP contribution in [0.3, 0.4) is 0 Å². The SMILES string of the molecule is CC1(C)CCC(C)(C)c2c(N(c3ccc4c(c3)C3(c5cc(-c6ccccc6)ccc5-4)C4CC5CC6CC3C64C5)c3cccc4c3C(C)(C)CCC4(C)C)cccc21. The maximum absolute atomic E-state index is 2.79. The Balaban J connectivity index is 1.13. The lowest BCUT2D eigenvalue weighted by Gasteiger charge is -2.76. The van der Waals surface area contributed by atoms with Gasteiger partial charge in [-0.1, -0.05) is 128 Å². The van der Waals surface area contributed by atoms with Crippen LogP contribution in [0.2, 0.25) is 0 Å². The van der Waals surface area contributed by atoms with Crippen molar-refractivity contribution in [1.29, 1.82) is 0 Å². The van der Waals surface area contributed by atoms with Crippen LogP contribution in [0.1, 0.15) is 140 Å². The molecular formula is C56H61N. The third-order valence-electron chi connectivity index (χ3n) is 18.2. The predicted molar refractivity (Wildman–Crippen MR) is 238 cm³/mol. The number of anilines is 3. The zero-order chi connectivity index (χ0) is 39.1. The first-order valence-corrected chi connectivity index (χ1v) is 22.6. The minimum Gasteiger partial charge on any atom is -0.310 e. The number of hydrogen-bond acceptors (Lipinski definition) is 1. The van der Waals surface area contributed by atoms with Crippen molar-refractivity contribution < 1.29 is 0 Å². The summed E-state index contributed by atoms with van der Waals surface area (Å²) in [5, 5.41) is 0. The number of benzene rings is 5. The first-order valence-electron chi connectivity index (χ1n) is 22.6. The van der Waals surface area contributed by atoms with E-state index in [0.717, 1.165) is 23.7 Å². The molecule has 5 aromatic carbocycles. The molecule has 2 spiro atoms. The fourth-order valence-electron chi connectivity index (χ4n) is 15.5. The van der Waals surface area contributed by atoms with Crippen molar-refractivity contribution in [2.24, 2.45) is 29.1 Å². The summed E-state index contributed by atoms with van der Waals surface area (Å²) in [5.74, 6) is 3.41. The van der Waals surface area contributed by atoms with Gasteiger partial charge in [-0.05, 0) is 188 Å². The normalized spacial score (nSPS) is 31.6. The predicted octanol–water partition coefficient (Wildman–Crippen LogP) is 14.9. The van der Waals surface area contributed by atoms with Crippen molar-refractivity contribution in [3.63, 3.8) is 0 Å². The number of nitrogens with zero attached hydrogens (tertiary/aromatic N) is 1. The van der Waals surface area contributed by atoms with Crippen molar-refractivity contribution in [2.45, 2.75) is 134 Å². The van der Waals surface area contributed by atoms with Gasteiger partial charge in [0.25, 0.3) is 0 Å². The van der Waals surface area contributed by atoms with Gasteiger partial charge >= 0.3 is 0 Å². The van der Waals surface area contributed by atoms with E-state index in [1.165, 1.54) is 102 Å². The molecule has 57 heavy (non-hydrogen) atoms. The topological polar surface area (TPSA) is 3.24 Å². The van der Waals surface area contributed by atoms with Crippen LogP contribution in [0, 0.1) is 29.1 Å². The van der Waals surface area contributed by atoms with E-state index in [1.54, 1.807) is 22.3 Å². The lowest BCUT2D eigenvalue weighted by atomic mass is 9.27. The third kappa shape index (κ3) is 4.22. The molecule has 0 aromatic heterocycles. The van der Waals surface area contributed by atoms with Crippen LogP contribution in [0.25, 0.3) is 22.3 Å². The molecule has 6 atom stereocenters. The van der Waals surface area contributed by atoms with Crippen LogP contribution in [0.4, 0.5) is 17.1 Å². The molecule has 4 fully saturated rings. The van der Waals surface area contributed by atoms with E-state index in [2.05, 4.69) is 163 Å². The molecule has 7 aliphatic carbocycles. The largest absolute Gasteiger partial charge is 0.310 e. The van der Waals surface area contributed by atoms with E-state index < -0.39 is 0 Å². The zero-order valence-corrected chi connectivity index (χ0v) is 35.7. The van der Waals surface area contributed by atoms with Gasteiger partial charge < -0.3 is 4.90 Å². The summed E-state index contributed by atoms with van der Waals surface area (Å²) in [4.78, 5) is 2.79. The van der Waals surface area contributed by atoms with Crippen molar-refractivity contribution in [1.82, 2.24) is 0 Å². The Labute approximate surface area is 342 Å². The molecular weight excluding hydrogens is 687 g/mol. The molecule has 2 bridgehead atoms. The smallest absolute Gasteiger partial charge is 0.0502 e. The Hall–Kier alpha value is -4.10. The summed E-state index contributed by atoms with van der Waals surface area (Å²) >= 11 is 0. The van der Waals surface area contributed by atoms with Gasteiger partial charge in [0.2, 0.25) is 0 Å². The molecule has 0 heterocycles. The molecule has 0 amide bonds. The number of rotatable bonds is 4. The maximum atomic E-state index is 2.79. The van der Waals surface area contributed by atoms with E-state index in [1.807, 2.05) is 0 Å². The molecule has 0 radical (unpaired) electrons.